The summed E-state index contributed by atoms with van der Waals surface area (Å²) in [7, 11) is 0. The van der Waals surface area contributed by atoms with Gasteiger partial charge in [-0.2, -0.15) is 106 Å². The van der Waals surface area contributed by atoms with Gasteiger partial charge in [0.25, 0.3) is 0 Å². The lowest BCUT2D eigenvalue weighted by Gasteiger charge is -2.45. The second-order valence-corrected chi connectivity index (χ2v) is 10.6. The van der Waals surface area contributed by atoms with Gasteiger partial charge in [0.2, 0.25) is 0 Å². The van der Waals surface area contributed by atoms with Crippen molar-refractivity contribution in [1.29, 1.82) is 0 Å². The van der Waals surface area contributed by atoms with Crippen LogP contribution in [-0.2, 0) is 5.92 Å². The van der Waals surface area contributed by atoms with Crippen LogP contribution in [0, 0.1) is 46.5 Å². The number of nitrogens with zero attached hydrogens (tertiary/aromatic N) is 1. The molecule has 0 aliphatic carbocycles. The molecule has 0 spiro atoms. The highest BCUT2D eigenvalue weighted by atomic mass is 32.1. The number of alkyl halides is 23. The Bertz CT molecular complexity index is 1930. The van der Waals surface area contributed by atoms with E-state index in [0.29, 0.717) is 0 Å². The van der Waals surface area contributed by atoms with Crippen molar-refractivity contribution < 1.29 is 136 Å². The fourth-order valence-electron chi connectivity index (χ4n) is 4.02. The highest BCUT2D eigenvalue weighted by Crippen LogP contribution is 2.68. The van der Waals surface area contributed by atoms with Gasteiger partial charge in [0, 0.05) is 0 Å². The minimum Gasteiger partial charge on any atom is -0.203 e. The Morgan fingerprint density at radius 3 is 0.789 bits per heavy atom. The Labute approximate surface area is 293 Å². The molecule has 0 heterocycles. The van der Waals surface area contributed by atoms with Crippen LogP contribution in [0.5, 0.6) is 0 Å². The van der Waals surface area contributed by atoms with E-state index in [1.54, 1.807) is 0 Å². The third-order valence-electron chi connectivity index (χ3n) is 7.13. The first-order valence-electron chi connectivity index (χ1n) is 12.5. The van der Waals surface area contributed by atoms with E-state index < -0.39 is 134 Å². The van der Waals surface area contributed by atoms with Gasteiger partial charge in [0.1, 0.15) is 5.56 Å². The largest absolute Gasteiger partial charge is 0.460 e. The van der Waals surface area contributed by atoms with Crippen molar-refractivity contribution >= 4 is 23.1 Å². The minimum atomic E-state index is -9.88. The number of isothiocyanates is 1. The molecule has 2 aromatic carbocycles. The van der Waals surface area contributed by atoms with Gasteiger partial charge in [-0.3, -0.25) is 0 Å². The molecule has 0 radical (unpaired) electrons. The van der Waals surface area contributed by atoms with E-state index in [0.717, 1.165) is 5.16 Å². The molecule has 324 valence electrons. The zero-order valence-corrected chi connectivity index (χ0v) is 25.4. The van der Waals surface area contributed by atoms with E-state index >= 15 is 0 Å². The summed E-state index contributed by atoms with van der Waals surface area (Å²) in [4.78, 5) is 2.35. The van der Waals surface area contributed by atoms with Crippen LogP contribution < -0.4 is 0 Å². The summed E-state index contributed by atoms with van der Waals surface area (Å²) in [6.45, 7) is 0. The molecule has 0 unspecified atom stereocenters. The van der Waals surface area contributed by atoms with E-state index in [4.69, 9.17) is 0 Å². The summed E-state index contributed by atoms with van der Waals surface area (Å²) in [5, 5.41) is 1.03. The van der Waals surface area contributed by atoms with E-state index in [1.165, 1.54) is 0 Å². The fraction of sp³-hybridized carbons (Fsp3) is 0.458. The Morgan fingerprint density at radius 2 is 0.544 bits per heavy atom. The molecule has 57 heavy (non-hydrogen) atoms. The molecule has 1 nitrogen and oxygen atoms in total. The maximum atomic E-state index is 14.7. The Balaban J connectivity index is 2.96. The van der Waals surface area contributed by atoms with Crippen LogP contribution in [0.2, 0.25) is 0 Å². The summed E-state index contributed by atoms with van der Waals surface area (Å²) in [6.07, 6.45) is -8.31. The molecule has 2 aromatic rings. The number of benzene rings is 2. The Hall–Kier alpha value is -3.93. The number of halogens is 31. The molecule has 0 aromatic heterocycles. The molecule has 0 amide bonds. The average molecular weight is 923 g/mol. The van der Waals surface area contributed by atoms with Crippen LogP contribution in [-0.4, -0.2) is 64.6 Å². The van der Waals surface area contributed by atoms with Gasteiger partial charge in [-0.15, -0.1) is 0 Å². The van der Waals surface area contributed by atoms with Crippen molar-refractivity contribution in [2.75, 3.05) is 0 Å². The van der Waals surface area contributed by atoms with Gasteiger partial charge >= 0.3 is 65.4 Å². The van der Waals surface area contributed by atoms with Crippen molar-refractivity contribution in [1.82, 2.24) is 0 Å². The monoisotopic (exact) mass is 923 g/mol. The number of aliphatic imine (C=N–C) groups is 1. The van der Waals surface area contributed by atoms with E-state index in [-0.39, 0.29) is 0 Å². The average Bonchev–Trinajstić information content (AvgIpc) is 3.04. The number of thiocarbonyl (C=S) groups is 1. The Kier molecular flexibility index (Phi) is 11.7. The smallest absolute Gasteiger partial charge is 0.203 e. The van der Waals surface area contributed by atoms with Gasteiger partial charge in [-0.05, 0) is 12.2 Å². The minimum absolute atomic E-state index is 1.03. The maximum absolute atomic E-state index is 14.7. The van der Waals surface area contributed by atoms with Crippen LogP contribution in [0.1, 0.15) is 5.56 Å². The van der Waals surface area contributed by atoms with Gasteiger partial charge in [0.15, 0.2) is 52.2 Å². The van der Waals surface area contributed by atoms with Gasteiger partial charge in [-0.25, -0.2) is 35.1 Å². The molecular weight excluding hydrogens is 923 g/mol. The lowest BCUT2D eigenvalue weighted by molar-refractivity contribution is -0.479. The normalized spacial score (nSPS) is 14.9. The lowest BCUT2D eigenvalue weighted by atomic mass is 9.84. The summed E-state index contributed by atoms with van der Waals surface area (Å²) in [5.74, 6) is -124. The molecule has 2 rings (SSSR count). The SMILES string of the molecule is Fc1c(F)c(-c2c(F)c(F)c(C(F)(F)C(F)(F)C(F)(F)C(F)(F)C(F)(F)C(F)(F)C(F)(F)C(F)(F)C(F)(F)C(F)(F)C(F)(F)F)c(F)c2F)c(F)c(F)c1N=C=S. The molecule has 0 aliphatic rings. The van der Waals surface area contributed by atoms with Gasteiger partial charge < -0.3 is 0 Å². The summed E-state index contributed by atoms with van der Waals surface area (Å²) < 4.78 is 430. The highest BCUT2D eigenvalue weighted by molar-refractivity contribution is 7.78. The zero-order chi connectivity index (χ0) is 45.8. The third kappa shape index (κ3) is 6.04. The summed E-state index contributed by atoms with van der Waals surface area (Å²) in [6, 6.07) is 0. The maximum Gasteiger partial charge on any atom is 0.460 e. The first-order chi connectivity index (χ1) is 24.9. The topological polar surface area (TPSA) is 12.4 Å². The van der Waals surface area contributed by atoms with Crippen LogP contribution in [0.4, 0.5) is 142 Å². The van der Waals surface area contributed by atoms with Crippen LogP contribution >= 0.6 is 12.2 Å². The van der Waals surface area contributed by atoms with Crippen molar-refractivity contribution in [2.24, 2.45) is 4.99 Å². The molecule has 0 bridgehead atoms. The van der Waals surface area contributed by atoms with Crippen molar-refractivity contribution in [3.8, 4) is 11.1 Å². The molecule has 0 N–H and O–H groups in total. The van der Waals surface area contributed by atoms with Crippen molar-refractivity contribution in [3.63, 3.8) is 0 Å². The Morgan fingerprint density at radius 1 is 0.316 bits per heavy atom. The first kappa shape index (κ1) is 49.2. The predicted octanol–water partition coefficient (Wildman–Crippen LogP) is 12.6. The molecule has 0 saturated heterocycles. The number of rotatable bonds is 12. The summed E-state index contributed by atoms with van der Waals surface area (Å²) >= 11 is 3.80. The molecule has 0 atom stereocenters. The predicted molar refractivity (Wildman–Crippen MR) is 121 cm³/mol. The zero-order valence-electron chi connectivity index (χ0n) is 24.6. The molecular formula is C24F31NS. The molecule has 0 fully saturated rings. The van der Waals surface area contributed by atoms with Crippen molar-refractivity contribution in [2.45, 2.75) is 65.4 Å². The van der Waals surface area contributed by atoms with Crippen LogP contribution in [0.25, 0.3) is 11.1 Å². The molecule has 0 aliphatic heterocycles. The van der Waals surface area contributed by atoms with Crippen LogP contribution in [0.15, 0.2) is 4.99 Å². The molecule has 33 heteroatoms. The summed E-state index contributed by atoms with van der Waals surface area (Å²) in [5.41, 5.74) is -13.7. The molecule has 0 saturated carbocycles. The van der Waals surface area contributed by atoms with Gasteiger partial charge in [0.05, 0.1) is 16.3 Å². The van der Waals surface area contributed by atoms with Crippen LogP contribution in [0.3, 0.4) is 0 Å². The first-order valence-corrected chi connectivity index (χ1v) is 12.9. The highest BCUT2D eigenvalue weighted by Gasteiger charge is 2.99. The second-order valence-electron chi connectivity index (χ2n) is 10.4. The van der Waals surface area contributed by atoms with E-state index in [9.17, 15) is 136 Å². The third-order valence-corrected chi connectivity index (χ3v) is 7.22. The fourth-order valence-corrected chi connectivity index (χ4v) is 4.11. The quantitative estimate of drug-likeness (QED) is 0.0894. The number of hydrogen-bond acceptors (Lipinski definition) is 2. The van der Waals surface area contributed by atoms with E-state index in [1.807, 2.05) is 0 Å². The van der Waals surface area contributed by atoms with Gasteiger partial charge in [-0.1, -0.05) is 0 Å². The van der Waals surface area contributed by atoms with E-state index in [2.05, 4.69) is 17.2 Å². The number of hydrogen-bond donors (Lipinski definition) is 0. The standard InChI is InChI=1S/C24F31NS/c25-5-2(3-7(27)11(31)13(56-1-57)12(32)8(3)28)6(26)10(30)4(9(5)29)14(33,34)15(35,36)16(37,38)17(39,40)18(41,42)19(43,44)20(45,46)21(47,48)22(49,50)23(51,52)24(53,54)55. The lowest BCUT2D eigenvalue weighted by Crippen LogP contribution is -2.77. The second kappa shape index (κ2) is 13.6. The van der Waals surface area contributed by atoms with Crippen molar-refractivity contribution in [3.05, 3.63) is 52.1 Å².